The van der Waals surface area contributed by atoms with Gasteiger partial charge in [0.05, 0.1) is 9.85 Å². The van der Waals surface area contributed by atoms with E-state index in [1.165, 1.54) is 12.1 Å². The second-order valence-corrected chi connectivity index (χ2v) is 4.99. The fourth-order valence-electron chi connectivity index (χ4n) is 2.41. The molecule has 0 aliphatic carbocycles. The molecule has 0 fully saturated rings. The van der Waals surface area contributed by atoms with E-state index in [0.29, 0.717) is 11.1 Å². The van der Waals surface area contributed by atoms with Crippen LogP contribution in [0.5, 0.6) is 0 Å². The smallest absolute Gasteiger partial charge is 0.272 e. The van der Waals surface area contributed by atoms with Crippen molar-refractivity contribution in [3.05, 3.63) is 79.9 Å². The molecule has 0 aliphatic rings. The Morgan fingerprint density at radius 2 is 1.22 bits per heavy atom. The highest BCUT2D eigenvalue weighted by molar-refractivity contribution is 5.58. The number of para-hydroxylation sites is 2. The van der Waals surface area contributed by atoms with Crippen molar-refractivity contribution in [2.75, 3.05) is 0 Å². The van der Waals surface area contributed by atoms with Crippen molar-refractivity contribution < 1.29 is 14.6 Å². The second kappa shape index (κ2) is 7.26. The van der Waals surface area contributed by atoms with Gasteiger partial charge in [0.1, 0.15) is 0 Å². The third-order valence-corrected chi connectivity index (χ3v) is 3.48. The van der Waals surface area contributed by atoms with Gasteiger partial charge in [-0.05, 0) is 12.8 Å². The molecule has 0 saturated heterocycles. The number of nitro groups is 2. The molecule has 2 aromatic rings. The number of hydrogen-bond acceptors (Lipinski definition) is 5. The van der Waals surface area contributed by atoms with E-state index >= 15 is 0 Å². The molecule has 0 heterocycles. The van der Waals surface area contributed by atoms with Gasteiger partial charge >= 0.3 is 0 Å². The van der Waals surface area contributed by atoms with Gasteiger partial charge in [-0.2, -0.15) is 0 Å². The fourth-order valence-corrected chi connectivity index (χ4v) is 2.41. The summed E-state index contributed by atoms with van der Waals surface area (Å²) in [4.78, 5) is 32.2. The molecule has 1 radical (unpaired) electrons. The SMILES string of the molecule is O=[C]C(Cc1ccccc1[N+](=O)[O-])Cc1ccccc1[N+](=O)[O-]. The first kappa shape index (κ1) is 16.3. The first-order chi connectivity index (χ1) is 11.0. The lowest BCUT2D eigenvalue weighted by Crippen LogP contribution is -2.12. The molecular formula is C16H13N2O5. The molecular weight excluding hydrogens is 300 g/mol. The fraction of sp³-hybridized carbons (Fsp3) is 0.188. The van der Waals surface area contributed by atoms with Gasteiger partial charge in [0.15, 0.2) is 0 Å². The van der Waals surface area contributed by atoms with Crippen LogP contribution in [-0.4, -0.2) is 16.1 Å². The Morgan fingerprint density at radius 1 is 0.826 bits per heavy atom. The lowest BCUT2D eigenvalue weighted by Gasteiger charge is -2.10. The van der Waals surface area contributed by atoms with Crippen LogP contribution in [0.15, 0.2) is 48.5 Å². The standard InChI is InChI=1S/C16H13N2O5/c19-11-12(9-13-5-1-3-7-15(13)17(20)21)10-14-6-2-4-8-16(14)18(22)23/h1-8,12H,9-10H2. The molecule has 0 aliphatic heterocycles. The zero-order valence-electron chi connectivity index (χ0n) is 12.0. The first-order valence-corrected chi connectivity index (χ1v) is 6.85. The molecule has 0 unspecified atom stereocenters. The molecule has 23 heavy (non-hydrogen) atoms. The average Bonchev–Trinajstić information content (AvgIpc) is 2.54. The Morgan fingerprint density at radius 3 is 1.57 bits per heavy atom. The van der Waals surface area contributed by atoms with E-state index in [1.807, 2.05) is 6.29 Å². The van der Waals surface area contributed by atoms with Gasteiger partial charge in [0.2, 0.25) is 6.29 Å². The highest BCUT2D eigenvalue weighted by Gasteiger charge is 2.21. The maximum absolute atomic E-state index is 11.2. The number of hydrogen-bond donors (Lipinski definition) is 0. The maximum Gasteiger partial charge on any atom is 0.272 e. The minimum Gasteiger partial charge on any atom is -0.291 e. The third-order valence-electron chi connectivity index (χ3n) is 3.48. The van der Waals surface area contributed by atoms with Crippen molar-refractivity contribution in [2.45, 2.75) is 12.8 Å². The third kappa shape index (κ3) is 3.97. The summed E-state index contributed by atoms with van der Waals surface area (Å²) >= 11 is 0. The van der Waals surface area contributed by atoms with Gasteiger partial charge in [-0.1, -0.05) is 36.4 Å². The summed E-state index contributed by atoms with van der Waals surface area (Å²) in [6.07, 6.45) is 2.04. The molecule has 0 N–H and O–H groups in total. The Kier molecular flexibility index (Phi) is 5.14. The highest BCUT2D eigenvalue weighted by atomic mass is 16.6. The van der Waals surface area contributed by atoms with E-state index in [-0.39, 0.29) is 24.2 Å². The van der Waals surface area contributed by atoms with E-state index in [4.69, 9.17) is 0 Å². The normalized spacial score (nSPS) is 10.5. The minimum absolute atomic E-state index is 0.0738. The van der Waals surface area contributed by atoms with Gasteiger partial charge < -0.3 is 0 Å². The van der Waals surface area contributed by atoms with E-state index < -0.39 is 15.8 Å². The lowest BCUT2D eigenvalue weighted by molar-refractivity contribution is -0.385. The van der Waals surface area contributed by atoms with Crippen LogP contribution in [0.3, 0.4) is 0 Å². The molecule has 117 valence electrons. The number of benzene rings is 2. The van der Waals surface area contributed by atoms with Gasteiger partial charge in [0, 0.05) is 29.2 Å². The van der Waals surface area contributed by atoms with Crippen molar-refractivity contribution in [3.8, 4) is 0 Å². The zero-order chi connectivity index (χ0) is 16.8. The summed E-state index contributed by atoms with van der Waals surface area (Å²) in [6.45, 7) is 0. The van der Waals surface area contributed by atoms with Crippen molar-refractivity contribution in [1.82, 2.24) is 0 Å². The highest BCUT2D eigenvalue weighted by Crippen LogP contribution is 2.25. The van der Waals surface area contributed by atoms with Gasteiger partial charge in [-0.3, -0.25) is 25.0 Å². The van der Waals surface area contributed by atoms with Crippen LogP contribution in [0.25, 0.3) is 0 Å². The first-order valence-electron chi connectivity index (χ1n) is 6.85. The molecule has 0 atom stereocenters. The monoisotopic (exact) mass is 313 g/mol. The van der Waals surface area contributed by atoms with Crippen LogP contribution in [0.1, 0.15) is 11.1 Å². The van der Waals surface area contributed by atoms with Crippen LogP contribution < -0.4 is 0 Å². The van der Waals surface area contributed by atoms with Crippen molar-refractivity contribution in [2.24, 2.45) is 5.92 Å². The molecule has 7 nitrogen and oxygen atoms in total. The van der Waals surface area contributed by atoms with E-state index in [9.17, 15) is 25.0 Å². The number of rotatable bonds is 7. The predicted octanol–water partition coefficient (Wildman–Crippen LogP) is 3.01. The summed E-state index contributed by atoms with van der Waals surface area (Å²) in [5.74, 6) is -0.697. The summed E-state index contributed by atoms with van der Waals surface area (Å²) < 4.78 is 0. The predicted molar refractivity (Wildman–Crippen MR) is 82.8 cm³/mol. The van der Waals surface area contributed by atoms with Crippen molar-refractivity contribution in [3.63, 3.8) is 0 Å². The summed E-state index contributed by atoms with van der Waals surface area (Å²) in [6, 6.07) is 12.3. The Bertz CT molecular complexity index is 685. The summed E-state index contributed by atoms with van der Waals surface area (Å²) in [5, 5.41) is 22.0. The van der Waals surface area contributed by atoms with Crippen LogP contribution in [-0.2, 0) is 17.6 Å². The van der Waals surface area contributed by atoms with Crippen molar-refractivity contribution in [1.29, 1.82) is 0 Å². The lowest BCUT2D eigenvalue weighted by atomic mass is 9.92. The van der Waals surface area contributed by atoms with Crippen LogP contribution in [0.2, 0.25) is 0 Å². The molecule has 7 heteroatoms. The molecule has 0 amide bonds. The number of carbonyl (C=O) groups excluding carboxylic acids is 1. The van der Waals surface area contributed by atoms with E-state index in [0.717, 1.165) is 0 Å². The van der Waals surface area contributed by atoms with E-state index in [1.54, 1.807) is 36.4 Å². The van der Waals surface area contributed by atoms with Crippen LogP contribution in [0, 0.1) is 26.1 Å². The number of nitro benzene ring substituents is 2. The van der Waals surface area contributed by atoms with Crippen LogP contribution >= 0.6 is 0 Å². The van der Waals surface area contributed by atoms with Crippen LogP contribution in [0.4, 0.5) is 11.4 Å². The van der Waals surface area contributed by atoms with Gasteiger partial charge in [-0.25, -0.2) is 0 Å². The quantitative estimate of drug-likeness (QED) is 0.577. The summed E-state index contributed by atoms with van der Waals surface area (Å²) in [5.41, 5.74) is 0.666. The average molecular weight is 313 g/mol. The number of nitrogens with zero attached hydrogens (tertiary/aromatic N) is 2. The maximum atomic E-state index is 11.2. The summed E-state index contributed by atoms with van der Waals surface area (Å²) in [7, 11) is 0. The Hall–Kier alpha value is -3.09. The largest absolute Gasteiger partial charge is 0.291 e. The minimum atomic E-state index is -0.697. The van der Waals surface area contributed by atoms with Crippen molar-refractivity contribution >= 4 is 17.7 Å². The zero-order valence-corrected chi connectivity index (χ0v) is 12.0. The second-order valence-electron chi connectivity index (χ2n) is 4.99. The molecule has 0 bridgehead atoms. The molecule has 0 saturated carbocycles. The van der Waals surface area contributed by atoms with Gasteiger partial charge in [-0.15, -0.1) is 0 Å². The Labute approximate surface area is 131 Å². The molecule has 2 aromatic carbocycles. The molecule has 0 spiro atoms. The van der Waals surface area contributed by atoms with E-state index in [2.05, 4.69) is 0 Å². The van der Waals surface area contributed by atoms with Gasteiger partial charge in [0.25, 0.3) is 11.4 Å². The topological polar surface area (TPSA) is 103 Å². The molecule has 2 rings (SSSR count). The molecule has 0 aromatic heterocycles. The Balaban J connectivity index is 2.24.